The minimum Gasteiger partial charge on any atom is -0.337 e. The van der Waals surface area contributed by atoms with E-state index in [9.17, 15) is 9.59 Å². The van der Waals surface area contributed by atoms with E-state index in [1.807, 2.05) is 40.7 Å². The van der Waals surface area contributed by atoms with E-state index in [1.165, 1.54) is 0 Å². The predicted octanol–water partition coefficient (Wildman–Crippen LogP) is 4.04. The van der Waals surface area contributed by atoms with Crippen molar-refractivity contribution in [1.29, 1.82) is 0 Å². The zero-order valence-corrected chi connectivity index (χ0v) is 17.1. The van der Waals surface area contributed by atoms with Crippen molar-refractivity contribution in [1.82, 2.24) is 14.5 Å². The van der Waals surface area contributed by atoms with Crippen LogP contribution in [0, 0.1) is 6.92 Å². The summed E-state index contributed by atoms with van der Waals surface area (Å²) in [6.45, 7) is 8.25. The maximum Gasteiger partial charge on any atom is 0.291 e. The third-order valence-corrected chi connectivity index (χ3v) is 5.19. The van der Waals surface area contributed by atoms with Crippen molar-refractivity contribution in [2.45, 2.75) is 59.4 Å². The summed E-state index contributed by atoms with van der Waals surface area (Å²) in [5.74, 6) is 0.0348. The normalized spacial score (nSPS) is 13.1. The van der Waals surface area contributed by atoms with E-state index in [-0.39, 0.29) is 11.8 Å². The lowest BCUT2D eigenvalue weighted by Gasteiger charge is -2.22. The van der Waals surface area contributed by atoms with Crippen LogP contribution in [0.5, 0.6) is 0 Å². The molecule has 1 aliphatic heterocycles. The summed E-state index contributed by atoms with van der Waals surface area (Å²) < 4.78 is 1.94. The standard InChI is InChI=1S/C22H30N4O2/c1-4-13-25(14-5-2)22(28)19-18-12-8-9-15-26(18)20(24-19)21(27)23-17-11-7-6-10-16(17)3/h6-7,10-11H,4-5,8-9,12-15H2,1-3H3,(H,23,27). The molecular formula is C22H30N4O2. The van der Waals surface area contributed by atoms with Gasteiger partial charge >= 0.3 is 0 Å². The van der Waals surface area contributed by atoms with Gasteiger partial charge in [0, 0.05) is 25.3 Å². The molecule has 0 radical (unpaired) electrons. The van der Waals surface area contributed by atoms with Gasteiger partial charge in [0.2, 0.25) is 0 Å². The molecule has 0 fully saturated rings. The molecule has 1 aliphatic rings. The van der Waals surface area contributed by atoms with Crippen LogP contribution >= 0.6 is 0 Å². The molecule has 150 valence electrons. The first-order chi connectivity index (χ1) is 13.6. The highest BCUT2D eigenvalue weighted by molar-refractivity contribution is 6.04. The molecule has 0 spiro atoms. The first kappa shape index (κ1) is 20.1. The number of nitrogens with one attached hydrogen (secondary N) is 1. The van der Waals surface area contributed by atoms with Gasteiger partial charge in [-0.05, 0) is 50.7 Å². The van der Waals surface area contributed by atoms with E-state index >= 15 is 0 Å². The molecule has 28 heavy (non-hydrogen) atoms. The van der Waals surface area contributed by atoms with E-state index in [0.717, 1.165) is 55.6 Å². The van der Waals surface area contributed by atoms with Gasteiger partial charge in [-0.2, -0.15) is 0 Å². The fourth-order valence-corrected chi connectivity index (χ4v) is 3.78. The van der Waals surface area contributed by atoms with E-state index in [0.29, 0.717) is 24.6 Å². The minimum atomic E-state index is -0.256. The number of carbonyl (C=O) groups is 2. The van der Waals surface area contributed by atoms with E-state index in [2.05, 4.69) is 24.1 Å². The van der Waals surface area contributed by atoms with E-state index in [1.54, 1.807) is 0 Å². The maximum atomic E-state index is 13.2. The smallest absolute Gasteiger partial charge is 0.291 e. The van der Waals surface area contributed by atoms with Crippen LogP contribution in [0.25, 0.3) is 0 Å². The number of aryl methyl sites for hydroxylation is 1. The molecule has 0 atom stereocenters. The van der Waals surface area contributed by atoms with Crippen molar-refractivity contribution in [3.63, 3.8) is 0 Å². The number of rotatable bonds is 7. The highest BCUT2D eigenvalue weighted by Gasteiger charge is 2.29. The second-order valence-electron chi connectivity index (χ2n) is 7.40. The summed E-state index contributed by atoms with van der Waals surface area (Å²) in [6, 6.07) is 7.67. The molecular weight excluding hydrogens is 352 g/mol. The van der Waals surface area contributed by atoms with Crippen molar-refractivity contribution in [2.24, 2.45) is 0 Å². The molecule has 0 bridgehead atoms. The fourth-order valence-electron chi connectivity index (χ4n) is 3.78. The zero-order valence-electron chi connectivity index (χ0n) is 17.1. The Morgan fingerprint density at radius 3 is 2.54 bits per heavy atom. The Morgan fingerprint density at radius 1 is 1.14 bits per heavy atom. The van der Waals surface area contributed by atoms with Crippen LogP contribution < -0.4 is 5.32 Å². The zero-order chi connectivity index (χ0) is 20.1. The lowest BCUT2D eigenvalue weighted by atomic mass is 10.1. The Hall–Kier alpha value is -2.63. The van der Waals surface area contributed by atoms with Crippen molar-refractivity contribution in [3.05, 3.63) is 47.0 Å². The number of carbonyl (C=O) groups excluding carboxylic acids is 2. The first-order valence-corrected chi connectivity index (χ1v) is 10.3. The van der Waals surface area contributed by atoms with Crippen LogP contribution in [0.15, 0.2) is 24.3 Å². The number of amides is 2. The van der Waals surface area contributed by atoms with Gasteiger partial charge < -0.3 is 14.8 Å². The lowest BCUT2D eigenvalue weighted by Crippen LogP contribution is -2.33. The molecule has 2 heterocycles. The number of para-hydroxylation sites is 1. The van der Waals surface area contributed by atoms with Gasteiger partial charge in [-0.3, -0.25) is 9.59 Å². The summed E-state index contributed by atoms with van der Waals surface area (Å²) in [6.07, 6.45) is 4.62. The SMILES string of the molecule is CCCN(CCC)C(=O)c1nc(C(=O)Nc2ccccc2C)n2c1CCCC2. The molecule has 6 nitrogen and oxygen atoms in total. The summed E-state index contributed by atoms with van der Waals surface area (Å²) in [5.41, 5.74) is 3.13. The Kier molecular flexibility index (Phi) is 6.49. The molecule has 1 aromatic carbocycles. The van der Waals surface area contributed by atoms with Crippen molar-refractivity contribution >= 4 is 17.5 Å². The first-order valence-electron chi connectivity index (χ1n) is 10.3. The monoisotopic (exact) mass is 382 g/mol. The largest absolute Gasteiger partial charge is 0.337 e. The third kappa shape index (κ3) is 4.11. The maximum absolute atomic E-state index is 13.2. The molecule has 0 aliphatic carbocycles. The van der Waals surface area contributed by atoms with Crippen LogP contribution in [0.3, 0.4) is 0 Å². The van der Waals surface area contributed by atoms with Gasteiger partial charge in [-0.15, -0.1) is 0 Å². The average molecular weight is 383 g/mol. The second kappa shape index (κ2) is 9.04. The predicted molar refractivity (Wildman–Crippen MR) is 111 cm³/mol. The number of benzene rings is 1. The van der Waals surface area contributed by atoms with Crippen LogP contribution in [0.2, 0.25) is 0 Å². The molecule has 0 saturated carbocycles. The second-order valence-corrected chi connectivity index (χ2v) is 7.40. The van der Waals surface area contributed by atoms with Gasteiger partial charge in [0.15, 0.2) is 5.82 Å². The summed E-state index contributed by atoms with van der Waals surface area (Å²) >= 11 is 0. The van der Waals surface area contributed by atoms with Crippen molar-refractivity contribution in [2.75, 3.05) is 18.4 Å². The molecule has 0 unspecified atom stereocenters. The molecule has 6 heteroatoms. The lowest BCUT2D eigenvalue weighted by molar-refractivity contribution is 0.0748. The van der Waals surface area contributed by atoms with E-state index < -0.39 is 0 Å². The highest BCUT2D eigenvalue weighted by Crippen LogP contribution is 2.24. The van der Waals surface area contributed by atoms with Crippen LogP contribution in [-0.4, -0.2) is 39.4 Å². The van der Waals surface area contributed by atoms with Crippen LogP contribution in [0.1, 0.15) is 71.9 Å². The number of aromatic nitrogens is 2. The van der Waals surface area contributed by atoms with Crippen LogP contribution in [-0.2, 0) is 13.0 Å². The molecule has 2 aromatic rings. The summed E-state index contributed by atoms with van der Waals surface area (Å²) in [7, 11) is 0. The summed E-state index contributed by atoms with van der Waals surface area (Å²) in [4.78, 5) is 32.6. The average Bonchev–Trinajstić information content (AvgIpc) is 3.09. The number of nitrogens with zero attached hydrogens (tertiary/aromatic N) is 3. The number of hydrogen-bond donors (Lipinski definition) is 1. The van der Waals surface area contributed by atoms with Gasteiger partial charge in [0.25, 0.3) is 11.8 Å². The van der Waals surface area contributed by atoms with Gasteiger partial charge in [0.05, 0.1) is 5.69 Å². The summed E-state index contributed by atoms with van der Waals surface area (Å²) in [5, 5.41) is 2.96. The molecule has 0 saturated heterocycles. The quantitative estimate of drug-likeness (QED) is 0.786. The topological polar surface area (TPSA) is 67.2 Å². The van der Waals surface area contributed by atoms with Gasteiger partial charge in [-0.1, -0.05) is 32.0 Å². The third-order valence-electron chi connectivity index (χ3n) is 5.19. The molecule has 1 N–H and O–H groups in total. The van der Waals surface area contributed by atoms with Crippen molar-refractivity contribution < 1.29 is 9.59 Å². The number of hydrogen-bond acceptors (Lipinski definition) is 3. The Morgan fingerprint density at radius 2 is 1.86 bits per heavy atom. The Labute approximate surface area is 166 Å². The number of anilines is 1. The fraction of sp³-hybridized carbons (Fsp3) is 0.500. The van der Waals surface area contributed by atoms with Gasteiger partial charge in [-0.25, -0.2) is 4.98 Å². The van der Waals surface area contributed by atoms with E-state index in [4.69, 9.17) is 0 Å². The molecule has 1 aromatic heterocycles. The minimum absolute atomic E-state index is 0.0516. The molecule has 2 amide bonds. The van der Waals surface area contributed by atoms with Crippen LogP contribution in [0.4, 0.5) is 5.69 Å². The van der Waals surface area contributed by atoms with Gasteiger partial charge in [0.1, 0.15) is 5.69 Å². The van der Waals surface area contributed by atoms with Crippen molar-refractivity contribution in [3.8, 4) is 0 Å². The molecule has 3 rings (SSSR count). The highest BCUT2D eigenvalue weighted by atomic mass is 16.2. The number of imidazole rings is 1. The Balaban J connectivity index is 1.93. The number of fused-ring (bicyclic) bond motifs is 1. The Bertz CT molecular complexity index is 850.